The van der Waals surface area contributed by atoms with Crippen molar-refractivity contribution in [2.45, 2.75) is 18.4 Å². The molecule has 0 saturated heterocycles. The van der Waals surface area contributed by atoms with Crippen molar-refractivity contribution in [1.29, 1.82) is 5.26 Å². The normalized spacial score (nSPS) is 10.1. The average Bonchev–Trinajstić information content (AvgIpc) is 2.66. The molecule has 0 fully saturated rings. The molecule has 0 bridgehead atoms. The summed E-state index contributed by atoms with van der Waals surface area (Å²) in [6, 6.07) is 14.0. The highest BCUT2D eigenvalue weighted by Crippen LogP contribution is 2.24. The molecule has 1 heterocycles. The maximum absolute atomic E-state index is 8.99. The van der Waals surface area contributed by atoms with E-state index in [-0.39, 0.29) is 0 Å². The molecule has 2 nitrogen and oxygen atoms in total. The zero-order valence-electron chi connectivity index (χ0n) is 9.01. The van der Waals surface area contributed by atoms with Gasteiger partial charge in [-0.15, -0.1) is 12.6 Å². The smallest absolute Gasteiger partial charge is 0.102 e. The Morgan fingerprint density at radius 2 is 2.00 bits per heavy atom. The molecular weight excluding hydrogens is 216 g/mol. The van der Waals surface area contributed by atoms with Gasteiger partial charge >= 0.3 is 0 Å². The number of hydrogen-bond acceptors (Lipinski definition) is 2. The lowest BCUT2D eigenvalue weighted by Gasteiger charge is -2.09. The van der Waals surface area contributed by atoms with Gasteiger partial charge in [0.05, 0.1) is 10.6 Å². The second-order valence-corrected chi connectivity index (χ2v) is 3.93. The van der Waals surface area contributed by atoms with E-state index < -0.39 is 0 Å². The van der Waals surface area contributed by atoms with Crippen LogP contribution in [0.25, 0.3) is 5.69 Å². The third-order valence-corrected chi connectivity index (χ3v) is 2.99. The van der Waals surface area contributed by atoms with E-state index in [1.165, 1.54) is 0 Å². The quantitative estimate of drug-likeness (QED) is 0.786. The number of aromatic nitrogens is 1. The molecule has 2 aromatic rings. The van der Waals surface area contributed by atoms with Crippen molar-refractivity contribution in [1.82, 2.24) is 4.57 Å². The largest absolute Gasteiger partial charge is 0.308 e. The van der Waals surface area contributed by atoms with Crippen molar-refractivity contribution >= 4 is 12.6 Å². The number of nitriles is 1. The predicted molar refractivity (Wildman–Crippen MR) is 67.1 cm³/mol. The van der Waals surface area contributed by atoms with E-state index in [1.807, 2.05) is 41.0 Å². The predicted octanol–water partition coefficient (Wildman–Crippen LogP) is 3.20. The maximum atomic E-state index is 8.99. The number of para-hydroxylation sites is 1. The molecule has 1 aromatic carbocycles. The Balaban J connectivity index is 2.65. The average molecular weight is 228 g/mol. The fraction of sp³-hybridized carbons (Fsp3) is 0.154. The second kappa shape index (κ2) is 4.46. The summed E-state index contributed by atoms with van der Waals surface area (Å²) in [5.74, 6) is 0. The third-order valence-electron chi connectivity index (χ3n) is 2.55. The van der Waals surface area contributed by atoms with Gasteiger partial charge in [-0.3, -0.25) is 0 Å². The molecule has 0 unspecified atom stereocenters. The Morgan fingerprint density at radius 3 is 2.56 bits per heavy atom. The highest BCUT2D eigenvalue weighted by molar-refractivity contribution is 7.80. The molecule has 1 aromatic heterocycles. The fourth-order valence-corrected chi connectivity index (χ4v) is 2.12. The highest BCUT2D eigenvalue weighted by atomic mass is 32.1. The Labute approximate surface area is 101 Å². The van der Waals surface area contributed by atoms with E-state index in [1.54, 1.807) is 0 Å². The van der Waals surface area contributed by atoms with Crippen molar-refractivity contribution in [2.75, 3.05) is 0 Å². The molecule has 0 spiro atoms. The van der Waals surface area contributed by atoms with Gasteiger partial charge in [0.2, 0.25) is 0 Å². The minimum absolute atomic E-state index is 0.629. The first-order valence-electron chi connectivity index (χ1n) is 5.17. The molecule has 0 aliphatic heterocycles. The van der Waals surface area contributed by atoms with Crippen LogP contribution in [0.15, 0.2) is 41.4 Å². The van der Waals surface area contributed by atoms with Crippen LogP contribution in [-0.2, 0) is 6.42 Å². The van der Waals surface area contributed by atoms with Gasteiger partial charge in [0, 0.05) is 11.4 Å². The summed E-state index contributed by atoms with van der Waals surface area (Å²) in [5.41, 5.74) is 2.78. The van der Waals surface area contributed by atoms with Crippen LogP contribution < -0.4 is 0 Å². The first-order valence-corrected chi connectivity index (χ1v) is 5.61. The molecule has 0 saturated carbocycles. The van der Waals surface area contributed by atoms with E-state index in [2.05, 4.69) is 25.6 Å². The first-order chi connectivity index (χ1) is 7.77. The van der Waals surface area contributed by atoms with Crippen LogP contribution in [0.4, 0.5) is 0 Å². The highest BCUT2D eigenvalue weighted by Gasteiger charge is 2.11. The Bertz CT molecular complexity index is 535. The molecule has 16 heavy (non-hydrogen) atoms. The summed E-state index contributed by atoms with van der Waals surface area (Å²) in [5, 5.41) is 9.70. The van der Waals surface area contributed by atoms with Gasteiger partial charge in [-0.25, -0.2) is 0 Å². The Kier molecular flexibility index (Phi) is 3.02. The summed E-state index contributed by atoms with van der Waals surface area (Å²) in [4.78, 5) is 0. The van der Waals surface area contributed by atoms with Crippen LogP contribution in [0.1, 0.15) is 18.2 Å². The second-order valence-electron chi connectivity index (χ2n) is 3.51. The van der Waals surface area contributed by atoms with E-state index in [4.69, 9.17) is 5.26 Å². The van der Waals surface area contributed by atoms with Crippen LogP contribution in [0.5, 0.6) is 0 Å². The van der Waals surface area contributed by atoms with E-state index in [9.17, 15) is 0 Å². The molecule has 0 aliphatic rings. The minimum Gasteiger partial charge on any atom is -0.308 e. The van der Waals surface area contributed by atoms with Gasteiger partial charge in [-0.2, -0.15) is 5.26 Å². The standard InChI is InChI=1S/C13H12N2S/c1-2-11-8-10(9-14)13(16)15(11)12-6-4-3-5-7-12/h3-8,16H,2H2,1H3. The molecule has 0 N–H and O–H groups in total. The fourth-order valence-electron chi connectivity index (χ4n) is 1.76. The summed E-state index contributed by atoms with van der Waals surface area (Å²) < 4.78 is 2.02. The van der Waals surface area contributed by atoms with Crippen molar-refractivity contribution in [3.8, 4) is 11.8 Å². The van der Waals surface area contributed by atoms with Crippen LogP contribution in [0.3, 0.4) is 0 Å². The number of thiol groups is 1. The lowest BCUT2D eigenvalue weighted by molar-refractivity contribution is 0.867. The van der Waals surface area contributed by atoms with E-state index in [0.29, 0.717) is 10.6 Å². The monoisotopic (exact) mass is 228 g/mol. The van der Waals surface area contributed by atoms with Crippen molar-refractivity contribution in [2.24, 2.45) is 0 Å². The number of rotatable bonds is 2. The summed E-state index contributed by atoms with van der Waals surface area (Å²) in [7, 11) is 0. The van der Waals surface area contributed by atoms with Crippen LogP contribution in [-0.4, -0.2) is 4.57 Å². The Morgan fingerprint density at radius 1 is 1.31 bits per heavy atom. The lowest BCUT2D eigenvalue weighted by Crippen LogP contribution is -1.99. The summed E-state index contributed by atoms with van der Waals surface area (Å²) in [6.45, 7) is 2.07. The molecular formula is C13H12N2S. The van der Waals surface area contributed by atoms with Gasteiger partial charge in [-0.05, 0) is 24.6 Å². The van der Waals surface area contributed by atoms with Crippen LogP contribution in [0, 0.1) is 11.3 Å². The molecule has 0 radical (unpaired) electrons. The molecule has 3 heteroatoms. The van der Waals surface area contributed by atoms with E-state index in [0.717, 1.165) is 17.8 Å². The van der Waals surface area contributed by atoms with Gasteiger partial charge in [-0.1, -0.05) is 25.1 Å². The molecule has 0 amide bonds. The van der Waals surface area contributed by atoms with Gasteiger partial charge in [0.1, 0.15) is 6.07 Å². The first kappa shape index (κ1) is 10.8. The van der Waals surface area contributed by atoms with Gasteiger partial charge in [0.25, 0.3) is 0 Å². The van der Waals surface area contributed by atoms with Crippen LogP contribution in [0.2, 0.25) is 0 Å². The third kappa shape index (κ3) is 1.72. The molecule has 80 valence electrons. The summed E-state index contributed by atoms with van der Waals surface area (Å²) >= 11 is 4.42. The molecule has 0 atom stereocenters. The number of benzene rings is 1. The SMILES string of the molecule is CCc1cc(C#N)c(S)n1-c1ccccc1. The minimum atomic E-state index is 0.629. The Hall–Kier alpha value is -1.66. The molecule has 2 rings (SSSR count). The zero-order chi connectivity index (χ0) is 11.5. The van der Waals surface area contributed by atoms with Crippen LogP contribution >= 0.6 is 12.6 Å². The van der Waals surface area contributed by atoms with Crippen molar-refractivity contribution < 1.29 is 0 Å². The lowest BCUT2D eigenvalue weighted by atomic mass is 10.3. The van der Waals surface area contributed by atoms with Gasteiger partial charge < -0.3 is 4.57 Å². The maximum Gasteiger partial charge on any atom is 0.102 e. The molecule has 0 aliphatic carbocycles. The van der Waals surface area contributed by atoms with Gasteiger partial charge in [0.15, 0.2) is 0 Å². The zero-order valence-corrected chi connectivity index (χ0v) is 9.91. The number of nitrogens with zero attached hydrogens (tertiary/aromatic N) is 2. The number of aryl methyl sites for hydroxylation is 1. The van der Waals surface area contributed by atoms with Crippen molar-refractivity contribution in [3.05, 3.63) is 47.7 Å². The van der Waals surface area contributed by atoms with Crippen molar-refractivity contribution in [3.63, 3.8) is 0 Å². The van der Waals surface area contributed by atoms with E-state index >= 15 is 0 Å². The summed E-state index contributed by atoms with van der Waals surface area (Å²) in [6.07, 6.45) is 0.879. The topological polar surface area (TPSA) is 28.7 Å². The number of hydrogen-bond donors (Lipinski definition) is 1.